The van der Waals surface area contributed by atoms with Gasteiger partial charge in [0, 0.05) is 18.5 Å². The van der Waals surface area contributed by atoms with Gasteiger partial charge in [0.2, 0.25) is 5.91 Å². The molecule has 0 aliphatic carbocycles. The summed E-state index contributed by atoms with van der Waals surface area (Å²) < 4.78 is 0. The van der Waals surface area contributed by atoms with Gasteiger partial charge in [-0.1, -0.05) is 0 Å². The summed E-state index contributed by atoms with van der Waals surface area (Å²) in [7, 11) is 0. The summed E-state index contributed by atoms with van der Waals surface area (Å²) in [6.07, 6.45) is 1.91. The Labute approximate surface area is 112 Å². The molecule has 0 radical (unpaired) electrons. The normalized spacial score (nSPS) is 23.8. The molecule has 0 saturated carbocycles. The van der Waals surface area contributed by atoms with E-state index >= 15 is 0 Å². The van der Waals surface area contributed by atoms with E-state index in [1.807, 2.05) is 5.38 Å². The van der Waals surface area contributed by atoms with Crippen LogP contribution >= 0.6 is 23.7 Å². The number of carbonyl (C=O) groups is 1. The van der Waals surface area contributed by atoms with E-state index in [-0.39, 0.29) is 24.2 Å². The standard InChI is InChI=1S/C12H18N2OS.ClH/c1-9-6-11(2-4-13-9)12(15)14-7-10-3-5-16-8-10;/h3,5,8-9,11,13H,2,4,6-7H2,1H3,(H,14,15);1H/t9-,11-;/m0./s1. The molecule has 0 spiro atoms. The van der Waals surface area contributed by atoms with E-state index in [9.17, 15) is 4.79 Å². The van der Waals surface area contributed by atoms with Gasteiger partial charge in [-0.15, -0.1) is 12.4 Å². The monoisotopic (exact) mass is 274 g/mol. The fourth-order valence-electron chi connectivity index (χ4n) is 2.10. The molecule has 1 aliphatic rings. The van der Waals surface area contributed by atoms with Gasteiger partial charge < -0.3 is 10.6 Å². The number of hydrogen-bond acceptors (Lipinski definition) is 3. The van der Waals surface area contributed by atoms with Crippen LogP contribution in [0, 0.1) is 5.92 Å². The van der Waals surface area contributed by atoms with Crippen LogP contribution in [0.25, 0.3) is 0 Å². The van der Waals surface area contributed by atoms with E-state index in [2.05, 4.69) is 29.0 Å². The van der Waals surface area contributed by atoms with Gasteiger partial charge in [-0.25, -0.2) is 0 Å². The molecule has 1 aromatic heterocycles. The largest absolute Gasteiger partial charge is 0.352 e. The van der Waals surface area contributed by atoms with Crippen molar-refractivity contribution in [3.05, 3.63) is 22.4 Å². The van der Waals surface area contributed by atoms with Crippen molar-refractivity contribution < 1.29 is 4.79 Å². The van der Waals surface area contributed by atoms with E-state index in [1.54, 1.807) is 11.3 Å². The van der Waals surface area contributed by atoms with E-state index in [0.29, 0.717) is 12.6 Å². The van der Waals surface area contributed by atoms with Gasteiger partial charge in [0.1, 0.15) is 0 Å². The smallest absolute Gasteiger partial charge is 0.223 e. The minimum absolute atomic E-state index is 0. The Balaban J connectivity index is 0.00000144. The van der Waals surface area contributed by atoms with Crippen molar-refractivity contribution in [3.63, 3.8) is 0 Å². The molecular formula is C12H19ClN2OS. The Morgan fingerprint density at radius 2 is 2.47 bits per heavy atom. The zero-order valence-corrected chi connectivity index (χ0v) is 11.6. The molecule has 2 N–H and O–H groups in total. The van der Waals surface area contributed by atoms with Crippen molar-refractivity contribution in [1.29, 1.82) is 0 Å². The SMILES string of the molecule is C[C@H]1C[C@@H](C(=O)NCc2ccsc2)CCN1.Cl. The van der Waals surface area contributed by atoms with Crippen LogP contribution in [0.1, 0.15) is 25.3 Å². The molecule has 17 heavy (non-hydrogen) atoms. The summed E-state index contributed by atoms with van der Waals surface area (Å²) in [5, 5.41) is 10.5. The fraction of sp³-hybridized carbons (Fsp3) is 0.583. The summed E-state index contributed by atoms with van der Waals surface area (Å²) >= 11 is 1.67. The lowest BCUT2D eigenvalue weighted by atomic mass is 9.92. The van der Waals surface area contributed by atoms with Gasteiger partial charge in [0.15, 0.2) is 0 Å². The van der Waals surface area contributed by atoms with Gasteiger partial charge in [-0.05, 0) is 48.7 Å². The lowest BCUT2D eigenvalue weighted by Crippen LogP contribution is -2.42. The first-order valence-electron chi connectivity index (χ1n) is 5.78. The number of carbonyl (C=O) groups excluding carboxylic acids is 1. The minimum Gasteiger partial charge on any atom is -0.352 e. The van der Waals surface area contributed by atoms with Crippen LogP contribution in [0.5, 0.6) is 0 Å². The van der Waals surface area contributed by atoms with Crippen molar-refractivity contribution in [2.75, 3.05) is 6.54 Å². The zero-order chi connectivity index (χ0) is 11.4. The van der Waals surface area contributed by atoms with Gasteiger partial charge in [0.25, 0.3) is 0 Å². The molecule has 5 heteroatoms. The molecule has 1 amide bonds. The van der Waals surface area contributed by atoms with Crippen molar-refractivity contribution in [2.24, 2.45) is 5.92 Å². The average molecular weight is 275 g/mol. The van der Waals surface area contributed by atoms with Crippen molar-refractivity contribution in [2.45, 2.75) is 32.4 Å². The van der Waals surface area contributed by atoms with Crippen LogP contribution in [0.15, 0.2) is 16.8 Å². The number of rotatable bonds is 3. The highest BCUT2D eigenvalue weighted by molar-refractivity contribution is 7.07. The van der Waals surface area contributed by atoms with Crippen LogP contribution in [-0.2, 0) is 11.3 Å². The van der Waals surface area contributed by atoms with Crippen LogP contribution in [0.4, 0.5) is 0 Å². The molecular weight excluding hydrogens is 256 g/mol. The van der Waals surface area contributed by atoms with Gasteiger partial charge in [0.05, 0.1) is 0 Å². The van der Waals surface area contributed by atoms with Crippen molar-refractivity contribution in [1.82, 2.24) is 10.6 Å². The second-order valence-corrected chi connectivity index (χ2v) is 5.21. The number of halogens is 1. The van der Waals surface area contributed by atoms with Crippen molar-refractivity contribution >= 4 is 29.7 Å². The zero-order valence-electron chi connectivity index (χ0n) is 9.94. The lowest BCUT2D eigenvalue weighted by molar-refractivity contribution is -0.126. The summed E-state index contributed by atoms with van der Waals surface area (Å²) in [5.41, 5.74) is 1.19. The second-order valence-electron chi connectivity index (χ2n) is 4.43. The first-order chi connectivity index (χ1) is 7.75. The van der Waals surface area contributed by atoms with Gasteiger partial charge >= 0.3 is 0 Å². The maximum atomic E-state index is 11.9. The van der Waals surface area contributed by atoms with Crippen molar-refractivity contribution in [3.8, 4) is 0 Å². The lowest BCUT2D eigenvalue weighted by Gasteiger charge is -2.27. The molecule has 1 aliphatic heterocycles. The van der Waals surface area contributed by atoms with E-state index in [0.717, 1.165) is 19.4 Å². The highest BCUT2D eigenvalue weighted by atomic mass is 35.5. The predicted molar refractivity (Wildman–Crippen MR) is 73.6 cm³/mol. The third kappa shape index (κ3) is 4.30. The molecule has 2 atom stereocenters. The van der Waals surface area contributed by atoms with Gasteiger partial charge in [-0.2, -0.15) is 11.3 Å². The van der Waals surface area contributed by atoms with E-state index in [4.69, 9.17) is 0 Å². The molecule has 96 valence electrons. The molecule has 0 bridgehead atoms. The number of nitrogens with one attached hydrogen (secondary N) is 2. The third-order valence-electron chi connectivity index (χ3n) is 3.04. The molecule has 0 aromatic carbocycles. The van der Waals surface area contributed by atoms with E-state index < -0.39 is 0 Å². The molecule has 1 aromatic rings. The van der Waals surface area contributed by atoms with Crippen LogP contribution in [-0.4, -0.2) is 18.5 Å². The quantitative estimate of drug-likeness (QED) is 0.887. The molecule has 3 nitrogen and oxygen atoms in total. The number of piperidine rings is 1. The Kier molecular flexibility index (Phi) is 5.95. The minimum atomic E-state index is 0. The molecule has 2 rings (SSSR count). The molecule has 1 fully saturated rings. The molecule has 2 heterocycles. The Hall–Kier alpha value is -0.580. The average Bonchev–Trinajstić information content (AvgIpc) is 2.78. The van der Waals surface area contributed by atoms with E-state index in [1.165, 1.54) is 5.56 Å². The molecule has 1 saturated heterocycles. The summed E-state index contributed by atoms with van der Waals surface area (Å²) in [6.45, 7) is 3.76. The van der Waals surface area contributed by atoms with Crippen LogP contribution < -0.4 is 10.6 Å². The topological polar surface area (TPSA) is 41.1 Å². The maximum absolute atomic E-state index is 11.9. The first-order valence-corrected chi connectivity index (χ1v) is 6.72. The number of amides is 1. The highest BCUT2D eigenvalue weighted by Gasteiger charge is 2.24. The van der Waals surface area contributed by atoms with Crippen LogP contribution in [0.3, 0.4) is 0 Å². The summed E-state index contributed by atoms with van der Waals surface area (Å²) in [6, 6.07) is 2.52. The fourth-order valence-corrected chi connectivity index (χ4v) is 2.77. The van der Waals surface area contributed by atoms with Gasteiger partial charge in [-0.3, -0.25) is 4.79 Å². The highest BCUT2D eigenvalue weighted by Crippen LogP contribution is 2.16. The Bertz CT molecular complexity index is 342. The Morgan fingerprint density at radius 1 is 1.65 bits per heavy atom. The number of thiophene rings is 1. The first kappa shape index (κ1) is 14.5. The third-order valence-corrected chi connectivity index (χ3v) is 3.77. The summed E-state index contributed by atoms with van der Waals surface area (Å²) in [4.78, 5) is 11.9. The predicted octanol–water partition coefficient (Wildman–Crippen LogP) is 2.17. The number of hydrogen-bond donors (Lipinski definition) is 2. The summed E-state index contributed by atoms with van der Waals surface area (Å²) in [5.74, 6) is 0.398. The van der Waals surface area contributed by atoms with Crippen LogP contribution in [0.2, 0.25) is 0 Å². The second kappa shape index (κ2) is 6.99. The Morgan fingerprint density at radius 3 is 3.12 bits per heavy atom. The maximum Gasteiger partial charge on any atom is 0.223 e. The molecule has 0 unspecified atom stereocenters.